The van der Waals surface area contributed by atoms with Gasteiger partial charge < -0.3 is 15.4 Å². The smallest absolute Gasteiger partial charge is 0.225 e. The molecule has 0 saturated carbocycles. The minimum Gasteiger partial charge on any atom is -0.381 e. The lowest BCUT2D eigenvalue weighted by atomic mass is 10.3. The maximum atomic E-state index is 5.47. The molecule has 0 aliphatic carbocycles. The van der Waals surface area contributed by atoms with Crippen LogP contribution in [0.15, 0.2) is 6.07 Å². The Bertz CT molecular complexity index is 555. The second-order valence-electron chi connectivity index (χ2n) is 4.61. The highest BCUT2D eigenvalue weighted by Gasteiger charge is 2.09. The number of hydrogen-bond donors (Lipinski definition) is 2. The topological polar surface area (TPSA) is 59.1 Å². The first kappa shape index (κ1) is 15.0. The molecule has 110 valence electrons. The summed E-state index contributed by atoms with van der Waals surface area (Å²) in [4.78, 5) is 11.2. The van der Waals surface area contributed by atoms with Gasteiger partial charge in [-0.05, 0) is 25.8 Å². The summed E-state index contributed by atoms with van der Waals surface area (Å²) in [6.07, 6.45) is 2.04. The summed E-state index contributed by atoms with van der Waals surface area (Å²) in [5, 5.41) is 7.49. The van der Waals surface area contributed by atoms with Gasteiger partial charge in [0.25, 0.3) is 0 Å². The molecule has 0 amide bonds. The van der Waals surface area contributed by atoms with Gasteiger partial charge in [-0.2, -0.15) is 4.98 Å². The molecule has 0 aliphatic heterocycles. The first-order valence-corrected chi connectivity index (χ1v) is 7.83. The van der Waals surface area contributed by atoms with E-state index in [1.807, 2.05) is 7.05 Å². The van der Waals surface area contributed by atoms with Gasteiger partial charge in [0.15, 0.2) is 0 Å². The van der Waals surface area contributed by atoms with E-state index in [2.05, 4.69) is 40.5 Å². The molecule has 2 rings (SSSR count). The van der Waals surface area contributed by atoms with Crippen molar-refractivity contribution in [3.63, 3.8) is 0 Å². The Morgan fingerprint density at radius 2 is 2.15 bits per heavy atom. The summed E-state index contributed by atoms with van der Waals surface area (Å²) in [6.45, 7) is 6.69. The van der Waals surface area contributed by atoms with E-state index in [9.17, 15) is 0 Å². The number of nitrogens with zero attached hydrogens (tertiary/aromatic N) is 2. The van der Waals surface area contributed by atoms with Crippen molar-refractivity contribution < 1.29 is 4.74 Å². The van der Waals surface area contributed by atoms with Crippen molar-refractivity contribution in [2.24, 2.45) is 0 Å². The number of rotatable bonds is 8. The average molecular weight is 294 g/mol. The van der Waals surface area contributed by atoms with E-state index in [-0.39, 0.29) is 0 Å². The van der Waals surface area contributed by atoms with E-state index in [4.69, 9.17) is 4.74 Å². The van der Waals surface area contributed by atoms with Crippen LogP contribution < -0.4 is 10.6 Å². The van der Waals surface area contributed by atoms with Crippen molar-refractivity contribution in [2.45, 2.75) is 26.7 Å². The number of nitrogens with one attached hydrogen (secondary N) is 2. The minimum absolute atomic E-state index is 0.657. The Morgan fingerprint density at radius 3 is 2.90 bits per heavy atom. The van der Waals surface area contributed by atoms with Crippen LogP contribution >= 0.6 is 11.3 Å². The number of thiophene rings is 1. The third-order valence-electron chi connectivity index (χ3n) is 2.85. The minimum atomic E-state index is 0.657. The Balaban J connectivity index is 2.00. The zero-order valence-corrected chi connectivity index (χ0v) is 13.1. The lowest BCUT2D eigenvalue weighted by Crippen LogP contribution is -2.09. The Kier molecular flexibility index (Phi) is 5.55. The molecule has 2 aromatic rings. The fraction of sp³-hybridized carbons (Fsp3) is 0.571. The molecule has 0 radical (unpaired) electrons. The van der Waals surface area contributed by atoms with Gasteiger partial charge in [0, 0.05) is 31.7 Å². The summed E-state index contributed by atoms with van der Waals surface area (Å²) in [5.41, 5.74) is 0. The van der Waals surface area contributed by atoms with Crippen molar-refractivity contribution in [2.75, 3.05) is 37.4 Å². The fourth-order valence-electron chi connectivity index (χ4n) is 1.92. The largest absolute Gasteiger partial charge is 0.381 e. The van der Waals surface area contributed by atoms with E-state index < -0.39 is 0 Å². The van der Waals surface area contributed by atoms with Gasteiger partial charge in [0.1, 0.15) is 10.6 Å². The Hall–Kier alpha value is -1.40. The quantitative estimate of drug-likeness (QED) is 0.732. The van der Waals surface area contributed by atoms with Gasteiger partial charge in [-0.15, -0.1) is 11.3 Å². The number of fused-ring (bicyclic) bond motifs is 1. The lowest BCUT2D eigenvalue weighted by Gasteiger charge is -2.08. The number of anilines is 2. The van der Waals surface area contributed by atoms with Gasteiger partial charge in [0.05, 0.1) is 5.39 Å². The van der Waals surface area contributed by atoms with Crippen LogP contribution in [0, 0.1) is 6.92 Å². The second kappa shape index (κ2) is 7.40. The molecular weight excluding hydrogens is 272 g/mol. The van der Waals surface area contributed by atoms with Crippen LogP contribution in [0.1, 0.15) is 24.6 Å². The van der Waals surface area contributed by atoms with Crippen LogP contribution in [0.4, 0.5) is 11.8 Å². The van der Waals surface area contributed by atoms with Gasteiger partial charge in [-0.25, -0.2) is 4.98 Å². The van der Waals surface area contributed by atoms with Crippen molar-refractivity contribution >= 4 is 33.3 Å². The summed E-state index contributed by atoms with van der Waals surface area (Å²) < 4.78 is 5.47. The zero-order chi connectivity index (χ0) is 14.4. The standard InChI is InChI=1S/C14H22N4OS/c1-4-7-19-8-5-6-16-12-11-9-10(2)20-13(11)18-14(15-3)17-12/h9H,4-8H2,1-3H3,(H2,15,16,17,18). The van der Waals surface area contributed by atoms with E-state index in [0.717, 1.165) is 48.6 Å². The van der Waals surface area contributed by atoms with Crippen LogP contribution in [-0.2, 0) is 4.74 Å². The second-order valence-corrected chi connectivity index (χ2v) is 5.85. The van der Waals surface area contributed by atoms with Crippen LogP contribution in [-0.4, -0.2) is 36.8 Å². The fourth-order valence-corrected chi connectivity index (χ4v) is 2.80. The molecule has 0 spiro atoms. The number of aryl methyl sites for hydroxylation is 1. The number of aromatic nitrogens is 2. The SMILES string of the molecule is CCCOCCCNc1nc(NC)nc2sc(C)cc12. The van der Waals surface area contributed by atoms with E-state index in [1.165, 1.54) is 4.88 Å². The average Bonchev–Trinajstić information content (AvgIpc) is 2.82. The maximum Gasteiger partial charge on any atom is 0.225 e. The van der Waals surface area contributed by atoms with Crippen LogP contribution in [0.3, 0.4) is 0 Å². The predicted octanol–water partition coefficient (Wildman–Crippen LogP) is 3.27. The molecule has 0 bridgehead atoms. The lowest BCUT2D eigenvalue weighted by molar-refractivity contribution is 0.134. The van der Waals surface area contributed by atoms with E-state index in [1.54, 1.807) is 11.3 Å². The predicted molar refractivity (Wildman–Crippen MR) is 85.9 cm³/mol. The van der Waals surface area contributed by atoms with Crippen LogP contribution in [0.2, 0.25) is 0 Å². The molecule has 2 aromatic heterocycles. The molecule has 20 heavy (non-hydrogen) atoms. The third kappa shape index (κ3) is 3.80. The first-order valence-electron chi connectivity index (χ1n) is 7.02. The zero-order valence-electron chi connectivity index (χ0n) is 12.3. The van der Waals surface area contributed by atoms with Gasteiger partial charge in [-0.1, -0.05) is 6.92 Å². The molecule has 0 unspecified atom stereocenters. The van der Waals surface area contributed by atoms with Gasteiger partial charge >= 0.3 is 0 Å². The molecule has 0 fully saturated rings. The highest BCUT2D eigenvalue weighted by molar-refractivity contribution is 7.18. The van der Waals surface area contributed by atoms with Crippen molar-refractivity contribution in [3.05, 3.63) is 10.9 Å². The number of ether oxygens (including phenoxy) is 1. The van der Waals surface area contributed by atoms with Crippen molar-refractivity contribution in [3.8, 4) is 0 Å². The summed E-state index contributed by atoms with van der Waals surface area (Å²) in [7, 11) is 1.84. The summed E-state index contributed by atoms with van der Waals surface area (Å²) >= 11 is 1.69. The molecule has 0 aliphatic rings. The van der Waals surface area contributed by atoms with Gasteiger partial charge in [-0.3, -0.25) is 0 Å². The van der Waals surface area contributed by atoms with Crippen molar-refractivity contribution in [1.82, 2.24) is 9.97 Å². The van der Waals surface area contributed by atoms with E-state index >= 15 is 0 Å². The Morgan fingerprint density at radius 1 is 1.30 bits per heavy atom. The van der Waals surface area contributed by atoms with Crippen LogP contribution in [0.25, 0.3) is 10.2 Å². The molecule has 0 saturated heterocycles. The first-order chi connectivity index (χ1) is 9.74. The van der Waals surface area contributed by atoms with Gasteiger partial charge in [0.2, 0.25) is 5.95 Å². The normalized spacial score (nSPS) is 10.9. The maximum absolute atomic E-state index is 5.47. The van der Waals surface area contributed by atoms with E-state index in [0.29, 0.717) is 5.95 Å². The summed E-state index contributed by atoms with van der Waals surface area (Å²) in [6, 6.07) is 2.13. The number of hydrogen-bond acceptors (Lipinski definition) is 6. The highest BCUT2D eigenvalue weighted by atomic mass is 32.1. The molecular formula is C14H22N4OS. The molecule has 0 atom stereocenters. The highest BCUT2D eigenvalue weighted by Crippen LogP contribution is 2.29. The molecule has 5 nitrogen and oxygen atoms in total. The molecule has 2 heterocycles. The van der Waals surface area contributed by atoms with Crippen molar-refractivity contribution in [1.29, 1.82) is 0 Å². The molecule has 6 heteroatoms. The molecule has 2 N–H and O–H groups in total. The summed E-state index contributed by atoms with van der Waals surface area (Å²) in [5.74, 6) is 1.56. The molecule has 0 aromatic carbocycles. The monoisotopic (exact) mass is 294 g/mol. The van der Waals surface area contributed by atoms with Crippen LogP contribution in [0.5, 0.6) is 0 Å². The third-order valence-corrected chi connectivity index (χ3v) is 3.79. The Labute approximate surface area is 123 Å².